The lowest BCUT2D eigenvalue weighted by atomic mass is 9.87. The molecule has 3 rings (SSSR count). The highest BCUT2D eigenvalue weighted by Gasteiger charge is 2.22. The van der Waals surface area contributed by atoms with Crippen molar-refractivity contribution in [1.82, 2.24) is 9.88 Å². The Hall–Kier alpha value is -0.710. The lowest BCUT2D eigenvalue weighted by Crippen LogP contribution is -2.34. The van der Waals surface area contributed by atoms with Crippen molar-refractivity contribution in [3.63, 3.8) is 0 Å². The van der Waals surface area contributed by atoms with Crippen LogP contribution in [0.25, 0.3) is 10.6 Å². The molecular weight excluding hydrogens is 284 g/mol. The third-order valence-corrected chi connectivity index (χ3v) is 5.96. The molecule has 108 valence electrons. The maximum atomic E-state index is 4.79. The molecule has 2 heterocycles. The van der Waals surface area contributed by atoms with Gasteiger partial charge in [0.25, 0.3) is 0 Å². The largest absolute Gasteiger partial charge is 0.298 e. The molecule has 0 N–H and O–H groups in total. The molecule has 0 spiro atoms. The smallest absolute Gasteiger partial charge is 0.124 e. The van der Waals surface area contributed by atoms with Crippen molar-refractivity contribution in [2.75, 3.05) is 7.05 Å². The van der Waals surface area contributed by atoms with E-state index >= 15 is 0 Å². The van der Waals surface area contributed by atoms with Crippen molar-refractivity contribution in [3.05, 3.63) is 27.9 Å². The molecule has 4 heteroatoms. The molecule has 0 saturated heterocycles. The summed E-state index contributed by atoms with van der Waals surface area (Å²) >= 11 is 3.50. The number of rotatable bonds is 4. The molecule has 0 aliphatic heterocycles. The Kier molecular flexibility index (Phi) is 4.54. The first-order chi connectivity index (χ1) is 9.72. The average Bonchev–Trinajstić information content (AvgIpc) is 3.09. The van der Waals surface area contributed by atoms with Crippen LogP contribution in [0.15, 0.2) is 22.2 Å². The van der Waals surface area contributed by atoms with Crippen molar-refractivity contribution in [3.8, 4) is 10.6 Å². The number of thiophene rings is 1. The van der Waals surface area contributed by atoms with Crippen LogP contribution in [0.5, 0.6) is 0 Å². The third kappa shape index (κ3) is 3.30. The van der Waals surface area contributed by atoms with E-state index < -0.39 is 0 Å². The zero-order valence-corrected chi connectivity index (χ0v) is 13.8. The van der Waals surface area contributed by atoms with E-state index in [2.05, 4.69) is 41.1 Å². The second kappa shape index (κ2) is 6.37. The highest BCUT2D eigenvalue weighted by Crippen LogP contribution is 2.29. The van der Waals surface area contributed by atoms with Gasteiger partial charge in [0.1, 0.15) is 5.01 Å². The van der Waals surface area contributed by atoms with Gasteiger partial charge in [0, 0.05) is 28.9 Å². The Labute approximate surface area is 129 Å². The Balaban J connectivity index is 1.60. The summed E-state index contributed by atoms with van der Waals surface area (Å²) in [6, 6.07) is 2.90. The van der Waals surface area contributed by atoms with Crippen molar-refractivity contribution >= 4 is 22.7 Å². The summed E-state index contributed by atoms with van der Waals surface area (Å²) in [6.07, 6.45) is 5.46. The maximum Gasteiger partial charge on any atom is 0.124 e. The standard InChI is InChI=1S/C16H22N2S2/c1-12-3-5-15(6-4-12)18(2)9-14-11-20-16(17-14)13-7-8-19-10-13/h7-8,10-12,15H,3-6,9H2,1-2H3. The van der Waals surface area contributed by atoms with E-state index in [9.17, 15) is 0 Å². The van der Waals surface area contributed by atoms with E-state index in [0.717, 1.165) is 23.5 Å². The van der Waals surface area contributed by atoms with Gasteiger partial charge in [0.15, 0.2) is 0 Å². The van der Waals surface area contributed by atoms with Gasteiger partial charge in [-0.2, -0.15) is 11.3 Å². The molecule has 1 aliphatic rings. The first kappa shape index (κ1) is 14.2. The van der Waals surface area contributed by atoms with Crippen molar-refractivity contribution in [2.24, 2.45) is 5.92 Å². The zero-order valence-electron chi connectivity index (χ0n) is 12.2. The number of hydrogen-bond donors (Lipinski definition) is 0. The molecule has 2 aromatic heterocycles. The van der Waals surface area contributed by atoms with Crippen molar-refractivity contribution < 1.29 is 0 Å². The fourth-order valence-electron chi connectivity index (χ4n) is 2.97. The molecule has 0 aromatic carbocycles. The van der Waals surface area contributed by atoms with E-state index in [4.69, 9.17) is 4.98 Å². The molecule has 1 aliphatic carbocycles. The van der Waals surface area contributed by atoms with Crippen molar-refractivity contribution in [1.29, 1.82) is 0 Å². The fourth-order valence-corrected chi connectivity index (χ4v) is 4.49. The van der Waals surface area contributed by atoms with Crippen LogP contribution in [-0.4, -0.2) is 23.0 Å². The van der Waals surface area contributed by atoms with Crippen molar-refractivity contribution in [2.45, 2.75) is 45.2 Å². The van der Waals surface area contributed by atoms with Crippen LogP contribution in [0.4, 0.5) is 0 Å². The molecule has 0 atom stereocenters. The molecule has 0 radical (unpaired) electrons. The van der Waals surface area contributed by atoms with Gasteiger partial charge in [-0.15, -0.1) is 11.3 Å². The lowest BCUT2D eigenvalue weighted by molar-refractivity contribution is 0.162. The number of aromatic nitrogens is 1. The lowest BCUT2D eigenvalue weighted by Gasteiger charge is -2.33. The number of thiazole rings is 1. The molecule has 0 amide bonds. The van der Waals surface area contributed by atoms with E-state index in [1.165, 1.54) is 36.9 Å². The zero-order chi connectivity index (χ0) is 13.9. The first-order valence-corrected chi connectivity index (χ1v) is 9.22. The second-order valence-electron chi connectivity index (χ2n) is 5.98. The van der Waals surface area contributed by atoms with Crippen LogP contribution in [0, 0.1) is 5.92 Å². The Morgan fingerprint density at radius 3 is 2.75 bits per heavy atom. The Morgan fingerprint density at radius 1 is 1.25 bits per heavy atom. The van der Waals surface area contributed by atoms with Gasteiger partial charge in [0.05, 0.1) is 5.69 Å². The summed E-state index contributed by atoms with van der Waals surface area (Å²) in [5.41, 5.74) is 2.48. The Bertz CT molecular complexity index is 524. The first-order valence-electron chi connectivity index (χ1n) is 7.39. The van der Waals surface area contributed by atoms with Gasteiger partial charge in [-0.25, -0.2) is 4.98 Å². The van der Waals surface area contributed by atoms with Gasteiger partial charge >= 0.3 is 0 Å². The topological polar surface area (TPSA) is 16.1 Å². The molecule has 0 bridgehead atoms. The van der Waals surface area contributed by atoms with Gasteiger partial charge in [0.2, 0.25) is 0 Å². The highest BCUT2D eigenvalue weighted by atomic mass is 32.1. The molecule has 2 nitrogen and oxygen atoms in total. The fraction of sp³-hybridized carbons (Fsp3) is 0.562. The van der Waals surface area contributed by atoms with Crippen LogP contribution in [-0.2, 0) is 6.54 Å². The number of hydrogen-bond acceptors (Lipinski definition) is 4. The van der Waals surface area contributed by atoms with Gasteiger partial charge in [-0.05, 0) is 50.1 Å². The van der Waals surface area contributed by atoms with E-state index in [0.29, 0.717) is 0 Å². The average molecular weight is 307 g/mol. The van der Waals surface area contributed by atoms with Crippen LogP contribution in [0.3, 0.4) is 0 Å². The predicted molar refractivity (Wildman–Crippen MR) is 88.3 cm³/mol. The minimum atomic E-state index is 0.748. The minimum absolute atomic E-state index is 0.748. The monoisotopic (exact) mass is 306 g/mol. The van der Waals surface area contributed by atoms with Gasteiger partial charge in [-0.3, -0.25) is 4.90 Å². The quantitative estimate of drug-likeness (QED) is 0.800. The van der Waals surface area contributed by atoms with Crippen LogP contribution < -0.4 is 0 Å². The van der Waals surface area contributed by atoms with Crippen LogP contribution in [0.2, 0.25) is 0 Å². The van der Waals surface area contributed by atoms with Crippen LogP contribution >= 0.6 is 22.7 Å². The summed E-state index contributed by atoms with van der Waals surface area (Å²) < 4.78 is 0. The van der Waals surface area contributed by atoms with E-state index in [-0.39, 0.29) is 0 Å². The summed E-state index contributed by atoms with van der Waals surface area (Å²) in [5.74, 6) is 0.920. The maximum absolute atomic E-state index is 4.79. The predicted octanol–water partition coefficient (Wildman–Crippen LogP) is 4.88. The summed E-state index contributed by atoms with van der Waals surface area (Å²) in [7, 11) is 2.25. The summed E-state index contributed by atoms with van der Waals surface area (Å²) in [4.78, 5) is 7.28. The molecule has 2 aromatic rings. The molecule has 20 heavy (non-hydrogen) atoms. The SMILES string of the molecule is CC1CCC(N(C)Cc2csc(-c3ccsc3)n2)CC1. The van der Waals surface area contributed by atoms with E-state index in [1.54, 1.807) is 22.7 Å². The third-order valence-electron chi connectivity index (χ3n) is 4.34. The molecule has 0 unspecified atom stereocenters. The van der Waals surface area contributed by atoms with E-state index in [1.807, 2.05) is 0 Å². The Morgan fingerprint density at radius 2 is 2.05 bits per heavy atom. The second-order valence-corrected chi connectivity index (χ2v) is 7.62. The van der Waals surface area contributed by atoms with Gasteiger partial charge in [-0.1, -0.05) is 6.92 Å². The molecule has 1 saturated carbocycles. The van der Waals surface area contributed by atoms with Crippen LogP contribution in [0.1, 0.15) is 38.3 Å². The molecule has 1 fully saturated rings. The molecular formula is C16H22N2S2. The summed E-state index contributed by atoms with van der Waals surface area (Å²) in [5, 5.41) is 7.67. The summed E-state index contributed by atoms with van der Waals surface area (Å²) in [6.45, 7) is 3.36. The van der Waals surface area contributed by atoms with Gasteiger partial charge < -0.3 is 0 Å². The highest BCUT2D eigenvalue weighted by molar-refractivity contribution is 7.14. The minimum Gasteiger partial charge on any atom is -0.298 e. The normalized spacial score (nSPS) is 23.4. The number of nitrogens with zero attached hydrogens (tertiary/aromatic N) is 2.